The third-order valence-electron chi connectivity index (χ3n) is 7.30. The molecule has 4 heteroatoms. The van der Waals surface area contributed by atoms with Gasteiger partial charge in [0.25, 0.3) is 0 Å². The molecule has 150 valence electrons. The minimum absolute atomic E-state index is 0.00505. The molecule has 0 spiro atoms. The lowest BCUT2D eigenvalue weighted by molar-refractivity contribution is -0.00587. The molecule has 0 radical (unpaired) electrons. The largest absolute Gasteiger partial charge is 0.496 e. The van der Waals surface area contributed by atoms with Crippen LogP contribution in [0.15, 0.2) is 47.5 Å². The number of carboxylic acids is 1. The highest BCUT2D eigenvalue weighted by Crippen LogP contribution is 2.63. The number of aromatic carboxylic acids is 1. The van der Waals surface area contributed by atoms with E-state index in [1.165, 1.54) is 19.3 Å². The number of hydrogen-bond acceptors (Lipinski definition) is 3. The van der Waals surface area contributed by atoms with Gasteiger partial charge in [-0.25, -0.2) is 4.79 Å². The van der Waals surface area contributed by atoms with Gasteiger partial charge in [0.2, 0.25) is 0 Å². The van der Waals surface area contributed by atoms with Crippen LogP contribution in [0.4, 0.5) is 5.69 Å². The summed E-state index contributed by atoms with van der Waals surface area (Å²) < 4.78 is 5.80. The van der Waals surface area contributed by atoms with E-state index < -0.39 is 5.97 Å². The number of aliphatic imine (C=N–C) groups is 1. The first-order valence-electron chi connectivity index (χ1n) is 10.6. The van der Waals surface area contributed by atoms with Gasteiger partial charge in [0.05, 0.1) is 18.4 Å². The Balaban J connectivity index is 1.68. The Morgan fingerprint density at radius 2 is 1.66 bits per heavy atom. The van der Waals surface area contributed by atoms with E-state index >= 15 is 0 Å². The van der Waals surface area contributed by atoms with E-state index in [1.54, 1.807) is 19.4 Å². The Labute approximate surface area is 171 Å². The summed E-state index contributed by atoms with van der Waals surface area (Å²) >= 11 is 0. The second kappa shape index (κ2) is 7.01. The highest BCUT2D eigenvalue weighted by Gasteiger charge is 2.53. The molecule has 0 aliphatic heterocycles. The molecule has 4 aliphatic carbocycles. The fraction of sp³-hybridized carbons (Fsp3) is 0.440. The average molecular weight is 389 g/mol. The maximum atomic E-state index is 12.1. The van der Waals surface area contributed by atoms with E-state index in [0.29, 0.717) is 5.69 Å². The SMILES string of the molecule is COc1ccc(C(=O)O)c(N=Cc2ccccc2)c1C12CC3CC(CC(C3)C1)C2. The molecule has 2 aromatic carbocycles. The number of benzene rings is 2. The number of carboxylic acid groups (broad SMARTS) is 1. The Bertz CT molecular complexity index is 928. The summed E-state index contributed by atoms with van der Waals surface area (Å²) in [5.41, 5.74) is 2.84. The van der Waals surface area contributed by atoms with Gasteiger partial charge >= 0.3 is 5.97 Å². The predicted octanol–water partition coefficient (Wildman–Crippen LogP) is 5.61. The number of rotatable bonds is 5. The first-order chi connectivity index (χ1) is 14.1. The van der Waals surface area contributed by atoms with Crippen molar-refractivity contribution in [2.75, 3.05) is 7.11 Å². The van der Waals surface area contributed by atoms with Gasteiger partial charge in [-0.1, -0.05) is 30.3 Å². The van der Waals surface area contributed by atoms with Gasteiger partial charge in [-0.3, -0.25) is 4.99 Å². The van der Waals surface area contributed by atoms with Crippen LogP contribution in [0.2, 0.25) is 0 Å². The zero-order chi connectivity index (χ0) is 20.0. The molecule has 6 rings (SSSR count). The summed E-state index contributed by atoms with van der Waals surface area (Å²) in [6.07, 6.45) is 9.19. The summed E-state index contributed by atoms with van der Waals surface area (Å²) in [4.78, 5) is 16.9. The van der Waals surface area contributed by atoms with Crippen molar-refractivity contribution in [1.82, 2.24) is 0 Å². The van der Waals surface area contributed by atoms with Crippen LogP contribution in [0.5, 0.6) is 5.75 Å². The number of methoxy groups -OCH3 is 1. The topological polar surface area (TPSA) is 58.9 Å². The Morgan fingerprint density at radius 1 is 1.03 bits per heavy atom. The lowest BCUT2D eigenvalue weighted by Gasteiger charge is -2.57. The van der Waals surface area contributed by atoms with Crippen LogP contribution < -0.4 is 4.74 Å². The highest BCUT2D eigenvalue weighted by atomic mass is 16.5. The van der Waals surface area contributed by atoms with Gasteiger partial charge in [0, 0.05) is 17.2 Å². The second-order valence-corrected chi connectivity index (χ2v) is 9.21. The summed E-state index contributed by atoms with van der Waals surface area (Å²) in [6, 6.07) is 13.3. The molecular weight excluding hydrogens is 362 g/mol. The lowest BCUT2D eigenvalue weighted by atomic mass is 9.47. The molecule has 0 amide bonds. The van der Waals surface area contributed by atoms with E-state index in [9.17, 15) is 9.90 Å². The van der Waals surface area contributed by atoms with Crippen molar-refractivity contribution in [3.8, 4) is 5.75 Å². The molecule has 4 saturated carbocycles. The molecule has 29 heavy (non-hydrogen) atoms. The molecule has 0 unspecified atom stereocenters. The molecule has 1 N–H and O–H groups in total. The van der Waals surface area contributed by atoms with Crippen molar-refractivity contribution in [2.24, 2.45) is 22.7 Å². The van der Waals surface area contributed by atoms with Gasteiger partial charge in [0.15, 0.2) is 0 Å². The first-order valence-corrected chi connectivity index (χ1v) is 10.6. The Morgan fingerprint density at radius 3 is 2.21 bits per heavy atom. The van der Waals surface area contributed by atoms with Crippen LogP contribution in [-0.2, 0) is 5.41 Å². The monoisotopic (exact) mass is 389 g/mol. The van der Waals surface area contributed by atoms with Crippen LogP contribution in [0.25, 0.3) is 0 Å². The summed E-state index contributed by atoms with van der Waals surface area (Å²) in [7, 11) is 1.68. The normalized spacial score (nSPS) is 30.0. The standard InChI is InChI=1S/C25H27NO3/c1-29-21-8-7-20(24(27)28)23(26-15-16-5-3-2-4-6-16)22(21)25-12-17-9-18(13-25)11-19(10-17)14-25/h2-8,15,17-19H,9-14H2,1H3,(H,27,28). The molecular formula is C25H27NO3. The van der Waals surface area contributed by atoms with Gasteiger partial charge in [-0.05, 0) is 74.0 Å². The van der Waals surface area contributed by atoms with Crippen LogP contribution in [0.1, 0.15) is 60.0 Å². The minimum atomic E-state index is -0.932. The number of nitrogens with zero attached hydrogens (tertiary/aromatic N) is 1. The van der Waals surface area contributed by atoms with Crippen molar-refractivity contribution in [1.29, 1.82) is 0 Å². The van der Waals surface area contributed by atoms with Crippen LogP contribution in [0.3, 0.4) is 0 Å². The smallest absolute Gasteiger partial charge is 0.337 e. The van der Waals surface area contributed by atoms with E-state index in [1.807, 2.05) is 36.4 Å². The van der Waals surface area contributed by atoms with Crippen molar-refractivity contribution in [3.63, 3.8) is 0 Å². The molecule has 2 aromatic rings. The maximum absolute atomic E-state index is 12.1. The fourth-order valence-corrected chi connectivity index (χ4v) is 6.66. The summed E-state index contributed by atoms with van der Waals surface area (Å²) in [5.74, 6) is 2.12. The number of ether oxygens (including phenoxy) is 1. The average Bonchev–Trinajstić information content (AvgIpc) is 2.71. The third-order valence-corrected chi connectivity index (χ3v) is 7.30. The zero-order valence-electron chi connectivity index (χ0n) is 16.8. The second-order valence-electron chi connectivity index (χ2n) is 9.21. The van der Waals surface area contributed by atoms with Gasteiger partial charge in [0.1, 0.15) is 5.75 Å². The number of carbonyl (C=O) groups is 1. The molecule has 4 bridgehead atoms. The molecule has 0 saturated heterocycles. The van der Waals surface area contributed by atoms with Crippen molar-refractivity contribution < 1.29 is 14.6 Å². The third kappa shape index (κ3) is 3.15. The molecule has 4 fully saturated rings. The van der Waals surface area contributed by atoms with Gasteiger partial charge < -0.3 is 9.84 Å². The van der Waals surface area contributed by atoms with E-state index in [4.69, 9.17) is 9.73 Å². The molecule has 4 aliphatic rings. The van der Waals surface area contributed by atoms with Crippen molar-refractivity contribution in [3.05, 3.63) is 59.2 Å². The maximum Gasteiger partial charge on any atom is 0.337 e. The molecule has 0 heterocycles. The summed E-state index contributed by atoms with van der Waals surface area (Å²) in [6.45, 7) is 0. The summed E-state index contributed by atoms with van der Waals surface area (Å²) in [5, 5.41) is 9.92. The number of hydrogen-bond donors (Lipinski definition) is 1. The lowest BCUT2D eigenvalue weighted by Crippen LogP contribution is -2.48. The Kier molecular flexibility index (Phi) is 4.45. The van der Waals surface area contributed by atoms with E-state index in [0.717, 1.165) is 53.9 Å². The van der Waals surface area contributed by atoms with Gasteiger partial charge in [-0.15, -0.1) is 0 Å². The minimum Gasteiger partial charge on any atom is -0.496 e. The quantitative estimate of drug-likeness (QED) is 0.676. The van der Waals surface area contributed by atoms with E-state index in [2.05, 4.69) is 0 Å². The first kappa shape index (κ1) is 18.4. The molecule has 4 nitrogen and oxygen atoms in total. The van der Waals surface area contributed by atoms with Gasteiger partial charge in [-0.2, -0.15) is 0 Å². The highest BCUT2D eigenvalue weighted by molar-refractivity contribution is 5.97. The zero-order valence-corrected chi connectivity index (χ0v) is 16.8. The van der Waals surface area contributed by atoms with Crippen LogP contribution in [0, 0.1) is 17.8 Å². The van der Waals surface area contributed by atoms with Crippen molar-refractivity contribution in [2.45, 2.75) is 43.9 Å². The molecule has 0 aromatic heterocycles. The van der Waals surface area contributed by atoms with Crippen LogP contribution in [-0.4, -0.2) is 24.4 Å². The Hall–Kier alpha value is -2.62. The van der Waals surface area contributed by atoms with Crippen LogP contribution >= 0.6 is 0 Å². The van der Waals surface area contributed by atoms with E-state index in [-0.39, 0.29) is 11.0 Å². The molecule has 0 atom stereocenters. The van der Waals surface area contributed by atoms with Crippen molar-refractivity contribution >= 4 is 17.9 Å². The fourth-order valence-electron chi connectivity index (χ4n) is 6.66. The predicted molar refractivity (Wildman–Crippen MR) is 113 cm³/mol.